The van der Waals surface area contributed by atoms with Gasteiger partial charge in [0.05, 0.1) is 18.9 Å². The lowest BCUT2D eigenvalue weighted by molar-refractivity contribution is -0.164. The van der Waals surface area contributed by atoms with E-state index in [-0.39, 0.29) is 0 Å². The van der Waals surface area contributed by atoms with Gasteiger partial charge in [0.15, 0.2) is 0 Å². The zero-order valence-electron chi connectivity index (χ0n) is 16.3. The molecule has 2 atom stereocenters. The van der Waals surface area contributed by atoms with Gasteiger partial charge in [-0.3, -0.25) is 14.7 Å². The number of aliphatic carboxylic acids is 1. The fourth-order valence-electron chi connectivity index (χ4n) is 4.01. The number of likely N-dealkylation sites (tertiary alicyclic amines) is 1. The van der Waals surface area contributed by atoms with Crippen LogP contribution in [0.4, 0.5) is 0 Å². The number of aryl methyl sites for hydroxylation is 1. The van der Waals surface area contributed by atoms with Gasteiger partial charge in [0.25, 0.3) is 0 Å². The van der Waals surface area contributed by atoms with E-state index < -0.39 is 17.5 Å². The summed E-state index contributed by atoms with van der Waals surface area (Å²) in [6, 6.07) is 13.7. The predicted octanol–water partition coefficient (Wildman–Crippen LogP) is 2.75. The van der Waals surface area contributed by atoms with Gasteiger partial charge in [-0.2, -0.15) is 0 Å². The van der Waals surface area contributed by atoms with Gasteiger partial charge in [0.2, 0.25) is 0 Å². The lowest BCUT2D eigenvalue weighted by Crippen LogP contribution is -2.55. The molecule has 0 amide bonds. The summed E-state index contributed by atoms with van der Waals surface area (Å²) in [4.78, 5) is 18.6. The number of hydrogen-bond acceptors (Lipinski definition) is 5. The van der Waals surface area contributed by atoms with Crippen LogP contribution in [0.2, 0.25) is 0 Å². The fourth-order valence-corrected chi connectivity index (χ4v) is 4.01. The van der Waals surface area contributed by atoms with Crippen molar-refractivity contribution in [3.8, 4) is 5.75 Å². The zero-order chi connectivity index (χ0) is 20.0. The van der Waals surface area contributed by atoms with Crippen molar-refractivity contribution >= 4 is 5.97 Å². The number of nitrogens with zero attached hydrogens (tertiary/aromatic N) is 2. The number of methoxy groups -OCH3 is 1. The summed E-state index contributed by atoms with van der Waals surface area (Å²) < 4.78 is 5.24. The maximum atomic E-state index is 12.2. The number of carboxylic acids is 1. The minimum absolute atomic E-state index is 0.317. The molecule has 0 bridgehead atoms. The van der Waals surface area contributed by atoms with Gasteiger partial charge >= 0.3 is 5.97 Å². The van der Waals surface area contributed by atoms with Crippen molar-refractivity contribution in [3.05, 3.63) is 59.9 Å². The quantitative estimate of drug-likeness (QED) is 0.728. The molecule has 28 heavy (non-hydrogen) atoms. The van der Waals surface area contributed by atoms with Gasteiger partial charge in [-0.05, 0) is 37.3 Å². The highest BCUT2D eigenvalue weighted by Gasteiger charge is 2.48. The van der Waals surface area contributed by atoms with Gasteiger partial charge in [-0.15, -0.1) is 0 Å². The molecule has 1 aromatic carbocycles. The number of rotatable bonds is 8. The number of ether oxygens (including phenoxy) is 1. The van der Waals surface area contributed by atoms with E-state index in [4.69, 9.17) is 4.74 Å². The molecule has 150 valence electrons. The second-order valence-electron chi connectivity index (χ2n) is 7.50. The van der Waals surface area contributed by atoms with Crippen LogP contribution in [0.25, 0.3) is 0 Å². The van der Waals surface area contributed by atoms with E-state index >= 15 is 0 Å². The van der Waals surface area contributed by atoms with E-state index in [0.29, 0.717) is 32.5 Å². The summed E-state index contributed by atoms with van der Waals surface area (Å²) in [6.45, 7) is 1.50. The van der Waals surface area contributed by atoms with E-state index in [1.807, 2.05) is 36.4 Å². The molecule has 2 N–H and O–H groups in total. The van der Waals surface area contributed by atoms with Crippen molar-refractivity contribution < 1.29 is 19.7 Å². The lowest BCUT2D eigenvalue weighted by atomic mass is 9.73. The topological polar surface area (TPSA) is 82.9 Å². The summed E-state index contributed by atoms with van der Waals surface area (Å²) in [6.07, 6.45) is 3.27. The number of aliphatic hydroxyl groups is 1. The van der Waals surface area contributed by atoms with Crippen LogP contribution in [0.15, 0.2) is 48.7 Å². The molecule has 1 fully saturated rings. The molecular formula is C22H28N2O4. The summed E-state index contributed by atoms with van der Waals surface area (Å²) in [5, 5.41) is 20.6. The highest BCUT2D eigenvalue weighted by molar-refractivity contribution is 5.76. The third-order valence-electron chi connectivity index (χ3n) is 5.63. The molecule has 2 aromatic rings. The van der Waals surface area contributed by atoms with Crippen LogP contribution in [0.3, 0.4) is 0 Å². The van der Waals surface area contributed by atoms with E-state index in [9.17, 15) is 15.0 Å². The van der Waals surface area contributed by atoms with Gasteiger partial charge < -0.3 is 14.9 Å². The SMILES string of the molecule is COc1ccnc(CN2CC[C@H](O)[C@](CCCc3ccccc3)(C(=O)O)C2)c1. The van der Waals surface area contributed by atoms with Crippen LogP contribution < -0.4 is 4.74 Å². The highest BCUT2D eigenvalue weighted by Crippen LogP contribution is 2.36. The first-order valence-corrected chi connectivity index (χ1v) is 9.70. The van der Waals surface area contributed by atoms with Crippen LogP contribution in [0.1, 0.15) is 30.5 Å². The summed E-state index contributed by atoms with van der Waals surface area (Å²) in [5.74, 6) is -0.189. The zero-order valence-corrected chi connectivity index (χ0v) is 16.3. The highest BCUT2D eigenvalue weighted by atomic mass is 16.5. The molecule has 0 aliphatic carbocycles. The number of carboxylic acid groups (broad SMARTS) is 1. The molecule has 0 saturated carbocycles. The van der Waals surface area contributed by atoms with Crippen LogP contribution in [0, 0.1) is 5.41 Å². The third kappa shape index (κ3) is 4.69. The van der Waals surface area contributed by atoms with E-state index in [2.05, 4.69) is 9.88 Å². The molecule has 2 heterocycles. The predicted molar refractivity (Wildman–Crippen MR) is 106 cm³/mol. The minimum atomic E-state index is -1.15. The van der Waals surface area contributed by atoms with E-state index in [1.165, 1.54) is 5.56 Å². The Balaban J connectivity index is 1.68. The smallest absolute Gasteiger partial charge is 0.313 e. The minimum Gasteiger partial charge on any atom is -0.497 e. The molecule has 6 heteroatoms. The van der Waals surface area contributed by atoms with Gasteiger partial charge in [0, 0.05) is 31.9 Å². The number of benzene rings is 1. The summed E-state index contributed by atoms with van der Waals surface area (Å²) in [7, 11) is 1.61. The maximum Gasteiger partial charge on any atom is 0.313 e. The Morgan fingerprint density at radius 1 is 1.32 bits per heavy atom. The molecule has 0 spiro atoms. The van der Waals surface area contributed by atoms with Crippen molar-refractivity contribution in [1.29, 1.82) is 0 Å². The maximum absolute atomic E-state index is 12.2. The van der Waals surface area contributed by atoms with Gasteiger partial charge in [-0.1, -0.05) is 30.3 Å². The molecule has 3 rings (SSSR count). The number of carbonyl (C=O) groups is 1. The second-order valence-corrected chi connectivity index (χ2v) is 7.50. The average Bonchev–Trinajstić information content (AvgIpc) is 2.71. The first-order valence-electron chi connectivity index (χ1n) is 9.70. The monoisotopic (exact) mass is 384 g/mol. The Hall–Kier alpha value is -2.44. The molecule has 1 aliphatic heterocycles. The Kier molecular flexibility index (Phi) is 6.65. The number of piperidine rings is 1. The molecule has 1 aliphatic rings. The second kappa shape index (κ2) is 9.17. The molecule has 0 radical (unpaired) electrons. The standard InChI is InChI=1S/C22H28N2O4/c1-28-19-9-12-23-18(14-19)15-24-13-10-20(25)22(16-24,21(26)27)11-5-8-17-6-3-2-4-7-17/h2-4,6-7,9,12,14,20,25H,5,8,10-11,13,15-16H2,1H3,(H,26,27)/t20-,22+/m0/s1. The lowest BCUT2D eigenvalue weighted by Gasteiger charge is -2.43. The Bertz CT molecular complexity index is 783. The van der Waals surface area contributed by atoms with E-state index in [1.54, 1.807) is 19.4 Å². The molecular weight excluding hydrogens is 356 g/mol. The van der Waals surface area contributed by atoms with Crippen molar-refractivity contribution in [2.45, 2.75) is 38.3 Å². The third-order valence-corrected chi connectivity index (χ3v) is 5.63. The van der Waals surface area contributed by atoms with Crippen LogP contribution in [-0.4, -0.2) is 52.4 Å². The Morgan fingerprint density at radius 3 is 2.82 bits per heavy atom. The number of hydrogen-bond donors (Lipinski definition) is 2. The first kappa shape index (κ1) is 20.3. The Labute approximate surface area is 165 Å². The fraction of sp³-hybridized carbons (Fsp3) is 0.455. The molecule has 6 nitrogen and oxygen atoms in total. The summed E-state index contributed by atoms with van der Waals surface area (Å²) >= 11 is 0. The molecule has 0 unspecified atom stereocenters. The molecule has 1 saturated heterocycles. The number of aliphatic hydroxyl groups excluding tert-OH is 1. The number of pyridine rings is 1. The average molecular weight is 384 g/mol. The van der Waals surface area contributed by atoms with Crippen LogP contribution in [0.5, 0.6) is 5.75 Å². The van der Waals surface area contributed by atoms with Crippen molar-refractivity contribution in [2.75, 3.05) is 20.2 Å². The van der Waals surface area contributed by atoms with Crippen molar-refractivity contribution in [3.63, 3.8) is 0 Å². The van der Waals surface area contributed by atoms with Crippen molar-refractivity contribution in [2.24, 2.45) is 5.41 Å². The summed E-state index contributed by atoms with van der Waals surface area (Å²) in [5.41, 5.74) is 0.872. The van der Waals surface area contributed by atoms with Crippen LogP contribution >= 0.6 is 0 Å². The number of aromatic nitrogens is 1. The Morgan fingerprint density at radius 2 is 2.11 bits per heavy atom. The van der Waals surface area contributed by atoms with E-state index in [0.717, 1.165) is 24.3 Å². The largest absolute Gasteiger partial charge is 0.497 e. The normalized spacial score (nSPS) is 22.7. The first-order chi connectivity index (χ1) is 13.5. The van der Waals surface area contributed by atoms with Crippen molar-refractivity contribution in [1.82, 2.24) is 9.88 Å². The van der Waals surface area contributed by atoms with Crippen LogP contribution in [-0.2, 0) is 17.8 Å². The van der Waals surface area contributed by atoms with Gasteiger partial charge in [0.1, 0.15) is 11.2 Å². The van der Waals surface area contributed by atoms with Gasteiger partial charge in [-0.25, -0.2) is 0 Å². The molecule has 1 aromatic heterocycles.